The fourth-order valence-electron chi connectivity index (χ4n) is 3.02. The van der Waals surface area contributed by atoms with Gasteiger partial charge in [0.25, 0.3) is 11.5 Å². The second-order valence-electron chi connectivity index (χ2n) is 6.00. The van der Waals surface area contributed by atoms with Crippen LogP contribution in [0.1, 0.15) is 16.1 Å². The summed E-state index contributed by atoms with van der Waals surface area (Å²) >= 11 is 0. The summed E-state index contributed by atoms with van der Waals surface area (Å²) < 4.78 is 0.957. The molecular weight excluding hydrogens is 348 g/mol. The molecule has 3 N–H and O–H groups in total. The number of aryl methyl sites for hydroxylation is 1. The average molecular weight is 362 g/mol. The van der Waals surface area contributed by atoms with Crippen LogP contribution in [0.5, 0.6) is 5.75 Å². The first-order valence-corrected chi connectivity index (χ1v) is 8.11. The molecule has 134 valence electrons. The molecular formula is C19H14N4O4. The molecule has 4 aromatic rings. The first-order valence-electron chi connectivity index (χ1n) is 8.11. The molecule has 0 aliphatic carbocycles. The predicted molar refractivity (Wildman–Crippen MR) is 101 cm³/mol. The van der Waals surface area contributed by atoms with E-state index in [2.05, 4.69) is 15.4 Å². The van der Waals surface area contributed by atoms with Gasteiger partial charge in [0, 0.05) is 10.8 Å². The molecule has 0 saturated carbocycles. The van der Waals surface area contributed by atoms with E-state index in [0.29, 0.717) is 27.5 Å². The van der Waals surface area contributed by atoms with Gasteiger partial charge in [-0.3, -0.25) is 15.0 Å². The first-order chi connectivity index (χ1) is 13.0. The van der Waals surface area contributed by atoms with E-state index in [1.54, 1.807) is 55.5 Å². The minimum absolute atomic E-state index is 0.322. The Kier molecular flexibility index (Phi) is 3.73. The average Bonchev–Trinajstić information content (AvgIpc) is 2.65. The van der Waals surface area contributed by atoms with Gasteiger partial charge in [0.05, 0.1) is 16.7 Å². The Morgan fingerprint density at radius 2 is 1.74 bits per heavy atom. The molecule has 0 fully saturated rings. The first kappa shape index (κ1) is 16.5. The fourth-order valence-corrected chi connectivity index (χ4v) is 3.02. The Morgan fingerprint density at radius 1 is 1.07 bits per heavy atom. The number of benzene rings is 2. The smallest absolute Gasteiger partial charge is 0.367 e. The van der Waals surface area contributed by atoms with Crippen LogP contribution in [0.2, 0.25) is 0 Å². The summed E-state index contributed by atoms with van der Waals surface area (Å²) in [5.74, 6) is -1.37. The van der Waals surface area contributed by atoms with Crippen molar-refractivity contribution in [3.05, 3.63) is 80.6 Å². The standard InChI is InChI=1S/C19H14N4O4/c1-10-11-6-2-4-8-13(11)21-19(27)23(10)22-18(26)15-16(24)12-7-3-5-9-14(12)20-17(15)25/h2-9H,1H3,(H,22,26)(H2,20,24,25). The highest BCUT2D eigenvalue weighted by Crippen LogP contribution is 2.24. The van der Waals surface area contributed by atoms with Crippen LogP contribution in [0.25, 0.3) is 21.8 Å². The van der Waals surface area contributed by atoms with E-state index in [4.69, 9.17) is 0 Å². The quantitative estimate of drug-likeness (QED) is 0.501. The summed E-state index contributed by atoms with van der Waals surface area (Å²) in [6.07, 6.45) is 0. The summed E-state index contributed by atoms with van der Waals surface area (Å²) in [5, 5.41) is 11.4. The molecule has 8 heteroatoms. The number of para-hydroxylation sites is 2. The molecule has 2 aromatic heterocycles. The number of nitrogens with one attached hydrogen (secondary N) is 2. The number of nitrogens with zero attached hydrogens (tertiary/aromatic N) is 2. The Hall–Kier alpha value is -3.94. The van der Waals surface area contributed by atoms with Gasteiger partial charge in [0.1, 0.15) is 11.3 Å². The van der Waals surface area contributed by atoms with Crippen LogP contribution in [-0.2, 0) is 0 Å². The van der Waals surface area contributed by atoms with Gasteiger partial charge in [0.2, 0.25) is 0 Å². The molecule has 0 atom stereocenters. The largest absolute Gasteiger partial charge is 0.506 e. The highest BCUT2D eigenvalue weighted by atomic mass is 16.3. The van der Waals surface area contributed by atoms with E-state index in [1.165, 1.54) is 0 Å². The zero-order valence-corrected chi connectivity index (χ0v) is 14.2. The summed E-state index contributed by atoms with van der Waals surface area (Å²) in [4.78, 5) is 43.7. The molecule has 0 aliphatic heterocycles. The van der Waals surface area contributed by atoms with Crippen molar-refractivity contribution in [1.82, 2.24) is 14.6 Å². The predicted octanol–water partition coefficient (Wildman–Crippen LogP) is 1.64. The maximum absolute atomic E-state index is 12.7. The summed E-state index contributed by atoms with van der Waals surface area (Å²) in [7, 11) is 0. The third-order valence-electron chi connectivity index (χ3n) is 4.37. The lowest BCUT2D eigenvalue weighted by Crippen LogP contribution is -2.38. The molecule has 8 nitrogen and oxygen atoms in total. The van der Waals surface area contributed by atoms with E-state index in [1.807, 2.05) is 0 Å². The number of pyridine rings is 1. The number of aromatic hydroxyl groups is 1. The van der Waals surface area contributed by atoms with E-state index in [-0.39, 0.29) is 0 Å². The van der Waals surface area contributed by atoms with Gasteiger partial charge in [-0.15, -0.1) is 0 Å². The van der Waals surface area contributed by atoms with E-state index < -0.39 is 28.5 Å². The van der Waals surface area contributed by atoms with Crippen LogP contribution >= 0.6 is 0 Å². The van der Waals surface area contributed by atoms with Crippen LogP contribution in [0.4, 0.5) is 0 Å². The highest BCUT2D eigenvalue weighted by Gasteiger charge is 2.20. The van der Waals surface area contributed by atoms with E-state index >= 15 is 0 Å². The van der Waals surface area contributed by atoms with Crippen molar-refractivity contribution in [3.63, 3.8) is 0 Å². The number of hydrogen-bond donors (Lipinski definition) is 3. The third kappa shape index (κ3) is 2.63. The van der Waals surface area contributed by atoms with Crippen LogP contribution in [0.3, 0.4) is 0 Å². The zero-order valence-electron chi connectivity index (χ0n) is 14.2. The van der Waals surface area contributed by atoms with Crippen molar-refractivity contribution < 1.29 is 9.90 Å². The SMILES string of the molecule is Cc1c2ccccc2nc(=O)n1NC(=O)c1c(O)c2ccccc2[nH]c1=O. The van der Waals surface area contributed by atoms with Crippen molar-refractivity contribution >= 4 is 27.7 Å². The second kappa shape index (κ2) is 6.10. The van der Waals surface area contributed by atoms with Crippen LogP contribution in [0.15, 0.2) is 58.1 Å². The maximum atomic E-state index is 12.7. The summed E-state index contributed by atoms with van der Waals surface area (Å²) in [6.45, 7) is 1.65. The van der Waals surface area contributed by atoms with Crippen LogP contribution in [-0.4, -0.2) is 25.7 Å². The number of amides is 1. The molecule has 0 radical (unpaired) electrons. The number of carbonyl (C=O) groups excluding carboxylic acids is 1. The lowest BCUT2D eigenvalue weighted by Gasteiger charge is -2.13. The molecule has 0 saturated heterocycles. The molecule has 0 bridgehead atoms. The molecule has 0 aliphatic rings. The van der Waals surface area contributed by atoms with Crippen molar-refractivity contribution in [2.24, 2.45) is 0 Å². The van der Waals surface area contributed by atoms with Gasteiger partial charge in [-0.05, 0) is 25.1 Å². The van der Waals surface area contributed by atoms with Gasteiger partial charge in [-0.25, -0.2) is 9.47 Å². The van der Waals surface area contributed by atoms with Crippen molar-refractivity contribution in [3.8, 4) is 5.75 Å². The topological polar surface area (TPSA) is 117 Å². The molecule has 0 unspecified atom stereocenters. The van der Waals surface area contributed by atoms with Crippen LogP contribution in [0, 0.1) is 6.92 Å². The van der Waals surface area contributed by atoms with Crippen molar-refractivity contribution in [2.75, 3.05) is 5.43 Å². The Balaban J connectivity index is 1.84. The van der Waals surface area contributed by atoms with Gasteiger partial charge < -0.3 is 10.1 Å². The lowest BCUT2D eigenvalue weighted by atomic mass is 10.1. The minimum Gasteiger partial charge on any atom is -0.506 e. The third-order valence-corrected chi connectivity index (χ3v) is 4.37. The number of rotatable bonds is 2. The van der Waals surface area contributed by atoms with Crippen molar-refractivity contribution in [1.29, 1.82) is 0 Å². The molecule has 27 heavy (non-hydrogen) atoms. The van der Waals surface area contributed by atoms with Crippen LogP contribution < -0.4 is 16.7 Å². The van der Waals surface area contributed by atoms with Gasteiger partial charge in [-0.2, -0.15) is 4.98 Å². The molecule has 2 aromatic carbocycles. The lowest BCUT2D eigenvalue weighted by molar-refractivity contribution is 0.100. The molecule has 4 rings (SSSR count). The zero-order chi connectivity index (χ0) is 19.1. The molecule has 0 spiro atoms. The summed E-state index contributed by atoms with van der Waals surface area (Å²) in [5.41, 5.74) is 1.77. The number of H-pyrrole nitrogens is 1. The van der Waals surface area contributed by atoms with Crippen molar-refractivity contribution in [2.45, 2.75) is 6.92 Å². The number of hydrogen-bond acceptors (Lipinski definition) is 5. The summed E-state index contributed by atoms with van der Waals surface area (Å²) in [6, 6.07) is 13.5. The van der Waals surface area contributed by atoms with Gasteiger partial charge in [-0.1, -0.05) is 30.3 Å². The fraction of sp³-hybridized carbons (Fsp3) is 0.0526. The number of aromatic nitrogens is 3. The Bertz CT molecular complexity index is 1340. The normalized spacial score (nSPS) is 11.0. The minimum atomic E-state index is -0.915. The van der Waals surface area contributed by atoms with Gasteiger partial charge in [0.15, 0.2) is 0 Å². The van der Waals surface area contributed by atoms with E-state index in [9.17, 15) is 19.5 Å². The van der Waals surface area contributed by atoms with E-state index in [0.717, 1.165) is 4.68 Å². The molecule has 2 heterocycles. The Morgan fingerprint density at radius 3 is 2.52 bits per heavy atom. The number of aromatic amines is 1. The Labute approximate surface area is 151 Å². The maximum Gasteiger partial charge on any atom is 0.367 e. The monoisotopic (exact) mass is 362 g/mol. The number of carbonyl (C=O) groups is 1. The molecule has 1 amide bonds. The number of fused-ring (bicyclic) bond motifs is 2. The highest BCUT2D eigenvalue weighted by molar-refractivity contribution is 6.06. The second-order valence-corrected chi connectivity index (χ2v) is 6.00. The van der Waals surface area contributed by atoms with Gasteiger partial charge >= 0.3 is 5.69 Å².